The monoisotopic (exact) mass is 321 g/mol. The number of rotatable bonds is 2. The van der Waals surface area contributed by atoms with Crippen LogP contribution in [0.1, 0.15) is 23.0 Å². The second-order valence-electron chi connectivity index (χ2n) is 6.06. The van der Waals surface area contributed by atoms with E-state index in [4.69, 9.17) is 4.74 Å². The summed E-state index contributed by atoms with van der Waals surface area (Å²) in [5.74, 6) is 0.587. The minimum absolute atomic E-state index is 0.133. The second-order valence-corrected chi connectivity index (χ2v) is 6.06. The smallest absolute Gasteiger partial charge is 0.164 e. The maximum Gasteiger partial charge on any atom is 0.164 e. The first-order chi connectivity index (χ1) is 11.6. The highest BCUT2D eigenvalue weighted by molar-refractivity contribution is 5.81. The number of phenolic OH excluding ortho intramolecular Hbond substituents is 1. The van der Waals surface area contributed by atoms with Crippen molar-refractivity contribution >= 4 is 5.69 Å². The van der Waals surface area contributed by atoms with E-state index in [1.54, 1.807) is 13.2 Å². The number of para-hydroxylation sites is 2. The topological polar surface area (TPSA) is 59.3 Å². The van der Waals surface area contributed by atoms with Gasteiger partial charge in [-0.2, -0.15) is 5.10 Å². The van der Waals surface area contributed by atoms with Crippen molar-refractivity contribution in [2.45, 2.75) is 20.0 Å². The highest BCUT2D eigenvalue weighted by Crippen LogP contribution is 2.43. The Morgan fingerprint density at radius 2 is 1.96 bits per heavy atom. The van der Waals surface area contributed by atoms with Crippen LogP contribution in [0.15, 0.2) is 42.5 Å². The average molecular weight is 321 g/mol. The molecule has 5 nitrogen and oxygen atoms in total. The molecule has 2 N–H and O–H groups in total. The molecule has 122 valence electrons. The third-order valence-electron chi connectivity index (χ3n) is 4.48. The van der Waals surface area contributed by atoms with Crippen molar-refractivity contribution in [3.8, 4) is 22.8 Å². The molecule has 24 heavy (non-hydrogen) atoms. The number of hydrogen-bond donors (Lipinski definition) is 2. The number of ether oxygens (including phenoxy) is 1. The Hall–Kier alpha value is -2.95. The largest absolute Gasteiger partial charge is 0.504 e. The quantitative estimate of drug-likeness (QED) is 0.752. The van der Waals surface area contributed by atoms with E-state index < -0.39 is 0 Å². The molecule has 0 saturated carbocycles. The van der Waals surface area contributed by atoms with E-state index in [0.29, 0.717) is 5.75 Å². The number of methoxy groups -OCH3 is 1. The van der Waals surface area contributed by atoms with E-state index in [9.17, 15) is 5.11 Å². The molecular weight excluding hydrogens is 302 g/mol. The van der Waals surface area contributed by atoms with E-state index in [-0.39, 0.29) is 11.9 Å². The summed E-state index contributed by atoms with van der Waals surface area (Å²) in [6.45, 7) is 4.05. The van der Waals surface area contributed by atoms with Gasteiger partial charge in [-0.1, -0.05) is 30.3 Å². The van der Waals surface area contributed by atoms with Crippen LogP contribution in [0.4, 0.5) is 5.69 Å². The molecule has 0 saturated heterocycles. The zero-order valence-electron chi connectivity index (χ0n) is 13.9. The normalized spacial score (nSPS) is 15.4. The van der Waals surface area contributed by atoms with Crippen molar-refractivity contribution in [1.82, 2.24) is 9.78 Å². The molecule has 0 radical (unpaired) electrons. The standard InChI is InChI=1S/C19H19N3O2/c1-11-6-4-7-13-15-10-12(2)21-22(15)19(20-17(11)13)14-8-5-9-16(24-3)18(14)23/h4-10,19-20,23H,1-3H3/t19-/m0/s1. The van der Waals surface area contributed by atoms with Crippen molar-refractivity contribution in [3.63, 3.8) is 0 Å². The minimum atomic E-state index is -0.294. The van der Waals surface area contributed by atoms with Gasteiger partial charge in [-0.3, -0.25) is 0 Å². The highest BCUT2D eigenvalue weighted by atomic mass is 16.5. The van der Waals surface area contributed by atoms with Gasteiger partial charge in [-0.25, -0.2) is 4.68 Å². The molecule has 1 aromatic heterocycles. The number of aryl methyl sites for hydroxylation is 2. The molecule has 3 aromatic rings. The predicted octanol–water partition coefficient (Wildman–Crippen LogP) is 3.85. The van der Waals surface area contributed by atoms with Crippen LogP contribution >= 0.6 is 0 Å². The molecule has 0 aliphatic carbocycles. The first-order valence-electron chi connectivity index (χ1n) is 7.88. The maximum absolute atomic E-state index is 10.6. The SMILES string of the molecule is COc1cccc([C@H]2Nc3c(C)cccc3-c3cc(C)nn32)c1O. The Morgan fingerprint density at radius 3 is 2.75 bits per heavy atom. The Morgan fingerprint density at radius 1 is 1.17 bits per heavy atom. The lowest BCUT2D eigenvalue weighted by Gasteiger charge is -2.30. The second kappa shape index (κ2) is 5.30. The van der Waals surface area contributed by atoms with Gasteiger partial charge < -0.3 is 15.2 Å². The molecule has 1 aliphatic heterocycles. The van der Waals surface area contributed by atoms with Crippen LogP contribution in [0, 0.1) is 13.8 Å². The fourth-order valence-electron chi connectivity index (χ4n) is 3.32. The van der Waals surface area contributed by atoms with Gasteiger partial charge in [0.2, 0.25) is 0 Å². The third-order valence-corrected chi connectivity index (χ3v) is 4.48. The lowest BCUT2D eigenvalue weighted by atomic mass is 10.00. The molecule has 0 spiro atoms. The zero-order valence-corrected chi connectivity index (χ0v) is 13.9. The number of hydrogen-bond acceptors (Lipinski definition) is 4. The van der Waals surface area contributed by atoms with Crippen molar-refractivity contribution in [1.29, 1.82) is 0 Å². The van der Waals surface area contributed by atoms with E-state index in [1.165, 1.54) is 0 Å². The molecule has 0 amide bonds. The van der Waals surface area contributed by atoms with Crippen molar-refractivity contribution < 1.29 is 9.84 Å². The number of fused-ring (bicyclic) bond motifs is 3. The van der Waals surface area contributed by atoms with Crippen LogP contribution in [0.2, 0.25) is 0 Å². The molecule has 4 rings (SSSR count). The number of nitrogens with zero attached hydrogens (tertiary/aromatic N) is 2. The van der Waals surface area contributed by atoms with Crippen molar-refractivity contribution in [3.05, 3.63) is 59.3 Å². The summed E-state index contributed by atoms with van der Waals surface area (Å²) in [5.41, 5.74) is 6.05. The van der Waals surface area contributed by atoms with Crippen LogP contribution in [0.3, 0.4) is 0 Å². The van der Waals surface area contributed by atoms with E-state index in [2.05, 4.69) is 35.5 Å². The number of aromatic nitrogens is 2. The molecular formula is C19H19N3O2. The lowest BCUT2D eigenvalue weighted by Crippen LogP contribution is -2.26. The third kappa shape index (κ3) is 2.05. The van der Waals surface area contributed by atoms with Gasteiger partial charge in [0.15, 0.2) is 17.7 Å². The molecule has 0 unspecified atom stereocenters. The maximum atomic E-state index is 10.6. The Labute approximate surface area is 140 Å². The summed E-state index contributed by atoms with van der Waals surface area (Å²) in [6, 6.07) is 13.8. The number of nitrogens with one attached hydrogen (secondary N) is 1. The van der Waals surface area contributed by atoms with E-state index in [1.807, 2.05) is 29.8 Å². The van der Waals surface area contributed by atoms with E-state index >= 15 is 0 Å². The van der Waals surface area contributed by atoms with Gasteiger partial charge in [0.25, 0.3) is 0 Å². The molecule has 1 aliphatic rings. The summed E-state index contributed by atoms with van der Waals surface area (Å²) >= 11 is 0. The van der Waals surface area contributed by atoms with Crippen LogP contribution in [-0.4, -0.2) is 22.0 Å². The van der Waals surface area contributed by atoms with Gasteiger partial charge in [0, 0.05) is 16.8 Å². The molecule has 2 heterocycles. The lowest BCUT2D eigenvalue weighted by molar-refractivity contribution is 0.366. The summed E-state index contributed by atoms with van der Waals surface area (Å²) in [7, 11) is 1.55. The number of aromatic hydroxyl groups is 1. The summed E-state index contributed by atoms with van der Waals surface area (Å²) in [5, 5.41) is 18.7. The van der Waals surface area contributed by atoms with Gasteiger partial charge in [0.1, 0.15) is 0 Å². The highest BCUT2D eigenvalue weighted by Gasteiger charge is 2.29. The Bertz CT molecular complexity index is 930. The fourth-order valence-corrected chi connectivity index (χ4v) is 3.32. The predicted molar refractivity (Wildman–Crippen MR) is 93.6 cm³/mol. The van der Waals surface area contributed by atoms with Gasteiger partial charge >= 0.3 is 0 Å². The fraction of sp³-hybridized carbons (Fsp3) is 0.211. The molecule has 2 aromatic carbocycles. The summed E-state index contributed by atoms with van der Waals surface area (Å²) in [4.78, 5) is 0. The molecule has 0 fully saturated rings. The van der Waals surface area contributed by atoms with Gasteiger partial charge in [-0.15, -0.1) is 0 Å². The molecule has 1 atom stereocenters. The average Bonchev–Trinajstić information content (AvgIpc) is 2.97. The number of anilines is 1. The zero-order chi connectivity index (χ0) is 16.8. The number of benzene rings is 2. The first-order valence-corrected chi connectivity index (χ1v) is 7.88. The Balaban J connectivity index is 1.94. The summed E-state index contributed by atoms with van der Waals surface area (Å²) < 4.78 is 7.18. The van der Waals surface area contributed by atoms with Gasteiger partial charge in [-0.05, 0) is 31.5 Å². The Kier molecular flexibility index (Phi) is 3.23. The molecule has 0 bridgehead atoms. The van der Waals surface area contributed by atoms with Crippen LogP contribution < -0.4 is 10.1 Å². The van der Waals surface area contributed by atoms with Crippen LogP contribution in [0.5, 0.6) is 11.5 Å². The van der Waals surface area contributed by atoms with E-state index in [0.717, 1.165) is 33.8 Å². The molecule has 5 heteroatoms. The van der Waals surface area contributed by atoms with Crippen molar-refractivity contribution in [2.75, 3.05) is 12.4 Å². The number of phenols is 1. The van der Waals surface area contributed by atoms with Crippen molar-refractivity contribution in [2.24, 2.45) is 0 Å². The van der Waals surface area contributed by atoms with Crippen LogP contribution in [-0.2, 0) is 0 Å². The van der Waals surface area contributed by atoms with Crippen LogP contribution in [0.25, 0.3) is 11.3 Å². The van der Waals surface area contributed by atoms with Gasteiger partial charge in [0.05, 0.1) is 18.5 Å². The minimum Gasteiger partial charge on any atom is -0.504 e. The summed E-state index contributed by atoms with van der Waals surface area (Å²) in [6.07, 6.45) is -0.294. The first kappa shape index (κ1) is 14.6.